The van der Waals surface area contributed by atoms with Crippen molar-refractivity contribution in [1.82, 2.24) is 4.90 Å². The number of thiocarbonyl (C=S) groups is 1. The van der Waals surface area contributed by atoms with E-state index in [0.29, 0.717) is 20.7 Å². The topological polar surface area (TPSA) is 32.3 Å². The van der Waals surface area contributed by atoms with Gasteiger partial charge in [-0.05, 0) is 31.4 Å². The molecule has 1 aromatic rings. The molecule has 1 fully saturated rings. The first-order valence-electron chi connectivity index (χ1n) is 6.14. The first-order valence-corrected chi connectivity index (χ1v) is 7.30. The van der Waals surface area contributed by atoms with E-state index in [2.05, 4.69) is 5.32 Å². The highest BCUT2D eigenvalue weighted by atomic mass is 35.5. The number of likely N-dealkylation sites (tertiary alicyclic amines) is 1. The minimum Gasteiger partial charge on any atom is -0.358 e. The summed E-state index contributed by atoms with van der Waals surface area (Å²) in [4.78, 5) is 14.3. The molecule has 0 saturated carbocycles. The van der Waals surface area contributed by atoms with Crippen LogP contribution in [0.15, 0.2) is 18.2 Å². The Balaban J connectivity index is 2.06. The predicted molar refractivity (Wildman–Crippen MR) is 83.1 cm³/mol. The molecule has 2 rings (SSSR count). The van der Waals surface area contributed by atoms with Crippen molar-refractivity contribution in [2.24, 2.45) is 0 Å². The zero-order valence-electron chi connectivity index (χ0n) is 10.3. The lowest BCUT2D eigenvalue weighted by molar-refractivity contribution is -0.110. The third-order valence-electron chi connectivity index (χ3n) is 3.04. The molecule has 1 N–H and O–H groups in total. The van der Waals surface area contributed by atoms with Gasteiger partial charge in [0.2, 0.25) is 0 Å². The van der Waals surface area contributed by atoms with Gasteiger partial charge in [0.1, 0.15) is 0 Å². The van der Waals surface area contributed by atoms with Gasteiger partial charge in [-0.2, -0.15) is 0 Å². The molecule has 0 radical (unpaired) electrons. The van der Waals surface area contributed by atoms with Gasteiger partial charge in [0.15, 0.2) is 4.99 Å². The number of nitrogens with zero attached hydrogens (tertiary/aromatic N) is 1. The van der Waals surface area contributed by atoms with Gasteiger partial charge in [-0.15, -0.1) is 0 Å². The molecule has 1 amide bonds. The first-order chi connectivity index (χ1) is 9.09. The average molecular weight is 317 g/mol. The van der Waals surface area contributed by atoms with Crippen LogP contribution in [0.25, 0.3) is 0 Å². The Hall–Kier alpha value is -0.840. The molecule has 0 spiro atoms. The maximum atomic E-state index is 12.1. The Morgan fingerprint density at radius 2 is 1.74 bits per heavy atom. The van der Waals surface area contributed by atoms with Crippen molar-refractivity contribution in [2.75, 3.05) is 18.4 Å². The zero-order valence-corrected chi connectivity index (χ0v) is 12.6. The summed E-state index contributed by atoms with van der Waals surface area (Å²) in [5.41, 5.74) is 0.412. The van der Waals surface area contributed by atoms with Crippen LogP contribution in [0.1, 0.15) is 19.3 Å². The smallest absolute Gasteiger partial charge is 0.283 e. The molecule has 1 aliphatic heterocycles. The van der Waals surface area contributed by atoms with Crippen LogP contribution in [0.4, 0.5) is 5.69 Å². The van der Waals surface area contributed by atoms with E-state index < -0.39 is 0 Å². The fraction of sp³-hybridized carbons (Fsp3) is 0.385. The molecule has 102 valence electrons. The number of benzene rings is 1. The van der Waals surface area contributed by atoms with E-state index in [-0.39, 0.29) is 5.91 Å². The third kappa shape index (κ3) is 3.59. The zero-order chi connectivity index (χ0) is 13.8. The molecule has 19 heavy (non-hydrogen) atoms. The molecule has 1 aliphatic rings. The van der Waals surface area contributed by atoms with Gasteiger partial charge in [-0.1, -0.05) is 41.5 Å². The molecule has 6 heteroatoms. The van der Waals surface area contributed by atoms with E-state index in [4.69, 9.17) is 35.4 Å². The molecule has 1 aromatic carbocycles. The third-order valence-corrected chi connectivity index (χ3v) is 4.11. The Kier molecular flexibility index (Phi) is 5.02. The maximum absolute atomic E-state index is 12.1. The van der Waals surface area contributed by atoms with Crippen molar-refractivity contribution in [3.05, 3.63) is 28.2 Å². The van der Waals surface area contributed by atoms with E-state index in [0.717, 1.165) is 25.9 Å². The normalized spacial score (nSPS) is 15.2. The van der Waals surface area contributed by atoms with Gasteiger partial charge in [0.05, 0.1) is 15.7 Å². The van der Waals surface area contributed by atoms with E-state index in [1.807, 2.05) is 4.90 Å². The summed E-state index contributed by atoms with van der Waals surface area (Å²) in [5.74, 6) is -0.327. The number of carbonyl (C=O) groups is 1. The lowest BCUT2D eigenvalue weighted by Gasteiger charge is -2.28. The summed E-state index contributed by atoms with van der Waals surface area (Å²) < 4.78 is 0. The second-order valence-electron chi connectivity index (χ2n) is 4.40. The van der Waals surface area contributed by atoms with Gasteiger partial charge in [-0.3, -0.25) is 4.79 Å². The Morgan fingerprint density at radius 3 is 2.32 bits per heavy atom. The highest BCUT2D eigenvalue weighted by Crippen LogP contribution is 2.29. The van der Waals surface area contributed by atoms with Crippen LogP contribution in [0.5, 0.6) is 0 Å². The molecular weight excluding hydrogens is 303 g/mol. The van der Waals surface area contributed by atoms with Gasteiger partial charge < -0.3 is 10.2 Å². The van der Waals surface area contributed by atoms with Gasteiger partial charge in [0, 0.05) is 13.1 Å². The number of amides is 1. The molecule has 1 saturated heterocycles. The molecule has 0 bridgehead atoms. The van der Waals surface area contributed by atoms with Crippen molar-refractivity contribution < 1.29 is 4.79 Å². The molecule has 0 aromatic heterocycles. The van der Waals surface area contributed by atoms with Crippen LogP contribution in [0, 0.1) is 0 Å². The van der Waals surface area contributed by atoms with Crippen LogP contribution in [-0.2, 0) is 4.79 Å². The highest BCUT2D eigenvalue weighted by molar-refractivity contribution is 7.82. The summed E-state index contributed by atoms with van der Waals surface area (Å²) >= 11 is 17.2. The second kappa shape index (κ2) is 6.55. The summed E-state index contributed by atoms with van der Waals surface area (Å²) in [6.45, 7) is 1.67. The number of anilines is 1. The van der Waals surface area contributed by atoms with Crippen molar-refractivity contribution in [2.45, 2.75) is 19.3 Å². The predicted octanol–water partition coefficient (Wildman–Crippen LogP) is 3.75. The minimum atomic E-state index is -0.327. The first kappa shape index (κ1) is 14.6. The van der Waals surface area contributed by atoms with E-state index >= 15 is 0 Å². The number of hydrogen-bond acceptors (Lipinski definition) is 2. The monoisotopic (exact) mass is 316 g/mol. The van der Waals surface area contributed by atoms with Gasteiger partial charge in [-0.25, -0.2) is 0 Å². The van der Waals surface area contributed by atoms with Crippen molar-refractivity contribution in [3.63, 3.8) is 0 Å². The Labute approximate surface area is 127 Å². The number of halogens is 2. The fourth-order valence-electron chi connectivity index (χ4n) is 2.02. The number of para-hydroxylation sites is 1. The Morgan fingerprint density at radius 1 is 1.16 bits per heavy atom. The standard InChI is InChI=1S/C13H14Cl2N2OS/c14-9-5-4-6-10(15)11(9)16-12(18)13(19)17-7-2-1-3-8-17/h4-6H,1-3,7-8H2,(H,16,18). The quantitative estimate of drug-likeness (QED) is 0.801. The minimum absolute atomic E-state index is 0.302. The van der Waals surface area contributed by atoms with Crippen LogP contribution >= 0.6 is 35.4 Å². The van der Waals surface area contributed by atoms with Gasteiger partial charge >= 0.3 is 0 Å². The molecule has 0 unspecified atom stereocenters. The number of hydrogen-bond donors (Lipinski definition) is 1. The number of rotatable bonds is 1. The summed E-state index contributed by atoms with van der Waals surface area (Å²) in [5, 5.41) is 3.50. The van der Waals surface area contributed by atoms with E-state index in [1.54, 1.807) is 18.2 Å². The molecule has 0 aliphatic carbocycles. The number of carbonyl (C=O) groups excluding carboxylic acids is 1. The number of piperidine rings is 1. The van der Waals surface area contributed by atoms with Crippen LogP contribution in [0.3, 0.4) is 0 Å². The highest BCUT2D eigenvalue weighted by Gasteiger charge is 2.20. The van der Waals surface area contributed by atoms with Crippen molar-refractivity contribution in [1.29, 1.82) is 0 Å². The van der Waals surface area contributed by atoms with Crippen LogP contribution in [-0.4, -0.2) is 28.9 Å². The van der Waals surface area contributed by atoms with Crippen LogP contribution in [0.2, 0.25) is 10.0 Å². The summed E-state index contributed by atoms with van der Waals surface area (Å²) in [7, 11) is 0. The SMILES string of the molecule is O=C(Nc1c(Cl)cccc1Cl)C(=S)N1CCCCC1. The lowest BCUT2D eigenvalue weighted by atomic mass is 10.1. The van der Waals surface area contributed by atoms with Crippen molar-refractivity contribution in [3.8, 4) is 0 Å². The summed E-state index contributed by atoms with van der Waals surface area (Å²) in [6.07, 6.45) is 3.33. The molecular formula is C13H14Cl2N2OS. The van der Waals surface area contributed by atoms with Crippen LogP contribution < -0.4 is 5.32 Å². The molecule has 1 heterocycles. The fourth-order valence-corrected chi connectivity index (χ4v) is 2.75. The maximum Gasteiger partial charge on any atom is 0.283 e. The van der Waals surface area contributed by atoms with E-state index in [1.165, 1.54) is 6.42 Å². The Bertz CT molecular complexity index is 481. The van der Waals surface area contributed by atoms with Crippen molar-refractivity contribution >= 4 is 52.0 Å². The molecule has 3 nitrogen and oxygen atoms in total. The van der Waals surface area contributed by atoms with Gasteiger partial charge in [0.25, 0.3) is 5.91 Å². The second-order valence-corrected chi connectivity index (χ2v) is 5.60. The summed E-state index contributed by atoms with van der Waals surface area (Å²) in [6, 6.07) is 5.07. The lowest BCUT2D eigenvalue weighted by Crippen LogP contribution is -2.41. The largest absolute Gasteiger partial charge is 0.358 e. The molecule has 0 atom stereocenters. The van der Waals surface area contributed by atoms with E-state index in [9.17, 15) is 4.79 Å². The number of nitrogens with one attached hydrogen (secondary N) is 1. The average Bonchev–Trinajstić information content (AvgIpc) is 2.43.